The number of rotatable bonds is 0. The molecule has 0 rings (SSSR count). The van der Waals surface area contributed by atoms with Crippen LogP contribution in [0.3, 0.4) is 0 Å². The molecular formula is CH4NNiO3-. The van der Waals surface area contributed by atoms with Gasteiger partial charge in [-0.25, -0.2) is 0 Å². The SMILES string of the molecule is O=C([O-])[O-].[NH4+].[Ni]. The van der Waals surface area contributed by atoms with Crippen LogP contribution >= 0.6 is 0 Å². The maximum absolute atomic E-state index is 8.33. The molecule has 4 N–H and O–H groups in total. The Bertz CT molecular complexity index is 33.8. The summed E-state index contributed by atoms with van der Waals surface area (Å²) in [6.45, 7) is 0. The van der Waals surface area contributed by atoms with Crippen LogP contribution in [0.2, 0.25) is 0 Å². The Morgan fingerprint density at radius 2 is 1.33 bits per heavy atom. The molecule has 0 amide bonds. The minimum absolute atomic E-state index is 0. The summed E-state index contributed by atoms with van der Waals surface area (Å²) in [4.78, 5) is 8.33. The fourth-order valence-corrected chi connectivity index (χ4v) is 0. The van der Waals surface area contributed by atoms with Crippen LogP contribution < -0.4 is 16.4 Å². The molecule has 0 aliphatic heterocycles. The molecule has 0 aliphatic carbocycles. The van der Waals surface area contributed by atoms with Crippen molar-refractivity contribution >= 4 is 6.16 Å². The van der Waals surface area contributed by atoms with Gasteiger partial charge in [-0.3, -0.25) is 0 Å². The van der Waals surface area contributed by atoms with Gasteiger partial charge >= 0.3 is 0 Å². The minimum atomic E-state index is -2.33. The van der Waals surface area contributed by atoms with E-state index in [1.807, 2.05) is 0 Å². The van der Waals surface area contributed by atoms with Crippen LogP contribution in [0, 0.1) is 0 Å². The number of carboxylic acid groups (broad SMARTS) is 2. The van der Waals surface area contributed by atoms with Crippen molar-refractivity contribution in [2.45, 2.75) is 0 Å². The summed E-state index contributed by atoms with van der Waals surface area (Å²) in [5.74, 6) is 0. The average molecular weight is 137 g/mol. The molecule has 0 atom stereocenters. The topological polar surface area (TPSA) is 99.7 Å². The Morgan fingerprint density at radius 3 is 1.33 bits per heavy atom. The molecule has 0 fully saturated rings. The number of carbonyl (C=O) groups excluding carboxylic acids is 1. The molecule has 0 saturated heterocycles. The first-order chi connectivity index (χ1) is 1.73. The van der Waals surface area contributed by atoms with Crippen molar-refractivity contribution in [1.29, 1.82) is 0 Å². The van der Waals surface area contributed by atoms with Gasteiger partial charge in [-0.2, -0.15) is 0 Å². The van der Waals surface area contributed by atoms with Crippen LogP contribution in [-0.2, 0) is 16.5 Å². The molecule has 0 saturated carbocycles. The Morgan fingerprint density at radius 1 is 1.33 bits per heavy atom. The van der Waals surface area contributed by atoms with Gasteiger partial charge in [-0.15, -0.1) is 0 Å². The van der Waals surface area contributed by atoms with Crippen molar-refractivity contribution in [2.24, 2.45) is 0 Å². The number of carbonyl (C=O) groups is 1. The number of quaternary nitrogens is 1. The Hall–Kier alpha value is -0.276. The third-order valence-electron chi connectivity index (χ3n) is 0. The molecule has 0 spiro atoms. The van der Waals surface area contributed by atoms with E-state index in [2.05, 4.69) is 0 Å². The standard InChI is InChI=1S/CH2O3.H3N.Ni/c2-1(3)4;;/h(H2,2,3,4);1H3;/p-1. The molecular weight excluding hydrogens is 133 g/mol. The van der Waals surface area contributed by atoms with E-state index in [4.69, 9.17) is 15.0 Å². The van der Waals surface area contributed by atoms with E-state index in [-0.39, 0.29) is 22.6 Å². The molecule has 0 radical (unpaired) electrons. The molecule has 6 heavy (non-hydrogen) atoms. The van der Waals surface area contributed by atoms with Crippen LogP contribution in [-0.4, -0.2) is 6.16 Å². The van der Waals surface area contributed by atoms with Crippen LogP contribution in [0.4, 0.5) is 4.79 Å². The van der Waals surface area contributed by atoms with Crippen molar-refractivity contribution in [2.75, 3.05) is 0 Å². The maximum atomic E-state index is 8.33. The third kappa shape index (κ3) is 361. The zero-order valence-corrected chi connectivity index (χ0v) is 4.03. The summed E-state index contributed by atoms with van der Waals surface area (Å²) in [6.07, 6.45) is -2.33. The normalized spacial score (nSPS) is 4.00. The summed E-state index contributed by atoms with van der Waals surface area (Å²) >= 11 is 0. The number of hydrogen-bond acceptors (Lipinski definition) is 3. The van der Waals surface area contributed by atoms with Gasteiger partial charge in [-0.05, 0) is 6.16 Å². The molecule has 0 bridgehead atoms. The first-order valence-corrected chi connectivity index (χ1v) is 0.612. The predicted octanol–water partition coefficient (Wildman–Crippen LogP) is -2.07. The first kappa shape index (κ1) is 17.2. The van der Waals surface area contributed by atoms with Crippen LogP contribution in [0.15, 0.2) is 0 Å². The molecule has 0 aliphatic rings. The smallest absolute Gasteiger partial charge is 0 e. The van der Waals surface area contributed by atoms with Crippen LogP contribution in [0.1, 0.15) is 0 Å². The van der Waals surface area contributed by atoms with Gasteiger partial charge in [0, 0.05) is 16.5 Å². The van der Waals surface area contributed by atoms with Gasteiger partial charge in [-0.1, -0.05) is 0 Å². The molecule has 0 aromatic rings. The van der Waals surface area contributed by atoms with E-state index < -0.39 is 6.16 Å². The van der Waals surface area contributed by atoms with E-state index in [9.17, 15) is 0 Å². The van der Waals surface area contributed by atoms with E-state index >= 15 is 0 Å². The van der Waals surface area contributed by atoms with E-state index in [0.717, 1.165) is 0 Å². The van der Waals surface area contributed by atoms with E-state index in [1.54, 1.807) is 0 Å². The van der Waals surface area contributed by atoms with Crippen molar-refractivity contribution in [3.8, 4) is 0 Å². The monoisotopic (exact) mass is 136 g/mol. The van der Waals surface area contributed by atoms with E-state index in [0.29, 0.717) is 0 Å². The predicted molar refractivity (Wildman–Crippen MR) is 11.4 cm³/mol. The summed E-state index contributed by atoms with van der Waals surface area (Å²) in [6, 6.07) is 0. The zero-order chi connectivity index (χ0) is 3.58. The molecule has 42 valence electrons. The maximum Gasteiger partial charge on any atom is 0 e. The Kier molecular flexibility index (Phi) is 25.3. The molecule has 5 heteroatoms. The van der Waals surface area contributed by atoms with Crippen LogP contribution in [0.5, 0.6) is 0 Å². The van der Waals surface area contributed by atoms with Crippen molar-refractivity contribution in [3.63, 3.8) is 0 Å². The molecule has 0 aromatic carbocycles. The average Bonchev–Trinajstić information content (AvgIpc) is 0.811. The summed E-state index contributed by atoms with van der Waals surface area (Å²) in [5, 5.41) is 16.7. The molecule has 0 aromatic heterocycles. The van der Waals surface area contributed by atoms with Gasteiger partial charge < -0.3 is 21.2 Å². The zero-order valence-electron chi connectivity index (χ0n) is 3.04. The Balaban J connectivity index is -0.0000000450. The minimum Gasteiger partial charge on any atom is -0.652 e. The van der Waals surface area contributed by atoms with Crippen molar-refractivity contribution in [3.05, 3.63) is 0 Å². The quantitative estimate of drug-likeness (QED) is 0.387. The van der Waals surface area contributed by atoms with Gasteiger partial charge in [0.05, 0.1) is 0 Å². The number of hydrogen-bond donors (Lipinski definition) is 1. The van der Waals surface area contributed by atoms with Gasteiger partial charge in [0.25, 0.3) is 0 Å². The van der Waals surface area contributed by atoms with Crippen LogP contribution in [0.25, 0.3) is 0 Å². The van der Waals surface area contributed by atoms with Gasteiger partial charge in [0.15, 0.2) is 0 Å². The van der Waals surface area contributed by atoms with Crippen molar-refractivity contribution in [1.82, 2.24) is 6.15 Å². The fourth-order valence-electron chi connectivity index (χ4n) is 0. The van der Waals surface area contributed by atoms with Gasteiger partial charge in [0.2, 0.25) is 0 Å². The molecule has 4 nitrogen and oxygen atoms in total. The molecule has 0 heterocycles. The third-order valence-corrected chi connectivity index (χ3v) is 0. The summed E-state index contributed by atoms with van der Waals surface area (Å²) in [7, 11) is 0. The largest absolute Gasteiger partial charge is 0.652 e. The first-order valence-electron chi connectivity index (χ1n) is 0.612. The Labute approximate surface area is 44.7 Å². The van der Waals surface area contributed by atoms with Crippen molar-refractivity contribution < 1.29 is 31.5 Å². The summed E-state index contributed by atoms with van der Waals surface area (Å²) in [5.41, 5.74) is 0. The second-order valence-electron chi connectivity index (χ2n) is 0.250. The fraction of sp³-hybridized carbons (Fsp3) is 0. The summed E-state index contributed by atoms with van der Waals surface area (Å²) < 4.78 is 0. The molecule has 0 unspecified atom stereocenters. The van der Waals surface area contributed by atoms with Gasteiger partial charge in [0.1, 0.15) is 0 Å². The second kappa shape index (κ2) is 8.83. The van der Waals surface area contributed by atoms with E-state index in [1.165, 1.54) is 0 Å². The second-order valence-corrected chi connectivity index (χ2v) is 0.250.